The second kappa shape index (κ2) is 5.31. The fourth-order valence-electron chi connectivity index (χ4n) is 2.84. The number of carbonyl (C=O) groups is 1. The number of hydrogen-bond donors (Lipinski definition) is 1. The van der Waals surface area contributed by atoms with Crippen molar-refractivity contribution >= 4 is 17.4 Å². The van der Waals surface area contributed by atoms with Gasteiger partial charge in [0.25, 0.3) is 0 Å². The molecule has 0 atom stereocenters. The normalized spacial score (nSPS) is 19.9. The summed E-state index contributed by atoms with van der Waals surface area (Å²) in [6.45, 7) is 5.37. The van der Waals surface area contributed by atoms with Crippen molar-refractivity contribution < 1.29 is 4.79 Å². The van der Waals surface area contributed by atoms with Gasteiger partial charge in [0.1, 0.15) is 5.82 Å². The van der Waals surface area contributed by atoms with Crippen LogP contribution in [0.4, 0.5) is 11.5 Å². The lowest BCUT2D eigenvalue weighted by molar-refractivity contribution is -0.138. The summed E-state index contributed by atoms with van der Waals surface area (Å²) >= 11 is 0. The Bertz CT molecular complexity index is 505. The van der Waals surface area contributed by atoms with E-state index in [2.05, 4.69) is 16.0 Å². The molecule has 1 amide bonds. The molecule has 1 aliphatic carbocycles. The monoisotopic (exact) mass is 274 g/mol. The molecule has 108 valence electrons. The minimum Gasteiger partial charge on any atom is -0.383 e. The molecule has 0 spiro atoms. The van der Waals surface area contributed by atoms with Crippen molar-refractivity contribution in [1.82, 2.24) is 9.88 Å². The maximum Gasteiger partial charge on any atom is 0.225 e. The van der Waals surface area contributed by atoms with Gasteiger partial charge in [-0.15, -0.1) is 0 Å². The van der Waals surface area contributed by atoms with Gasteiger partial charge >= 0.3 is 0 Å². The van der Waals surface area contributed by atoms with Crippen molar-refractivity contribution in [2.45, 2.75) is 26.2 Å². The standard InChI is InChI=1S/C15H22N4O/c1-11-9-13(10-17-14(11)16)18-5-7-19(8-6-18)15(20)12-3-2-4-12/h9-10,12H,2-8H2,1H3,(H2,16,17). The molecule has 1 aromatic rings. The summed E-state index contributed by atoms with van der Waals surface area (Å²) in [5.74, 6) is 1.26. The second-order valence-corrected chi connectivity index (χ2v) is 5.84. The van der Waals surface area contributed by atoms with Gasteiger partial charge < -0.3 is 15.5 Å². The number of hydrogen-bond acceptors (Lipinski definition) is 4. The van der Waals surface area contributed by atoms with E-state index < -0.39 is 0 Å². The molecule has 5 nitrogen and oxygen atoms in total. The van der Waals surface area contributed by atoms with Crippen LogP contribution in [0.3, 0.4) is 0 Å². The molecule has 0 unspecified atom stereocenters. The van der Waals surface area contributed by atoms with Crippen LogP contribution in [0.5, 0.6) is 0 Å². The summed E-state index contributed by atoms with van der Waals surface area (Å²) in [6, 6.07) is 2.08. The summed E-state index contributed by atoms with van der Waals surface area (Å²) in [5, 5.41) is 0. The van der Waals surface area contributed by atoms with Gasteiger partial charge in [-0.05, 0) is 31.4 Å². The van der Waals surface area contributed by atoms with Crippen molar-refractivity contribution in [3.8, 4) is 0 Å². The smallest absolute Gasteiger partial charge is 0.225 e. The van der Waals surface area contributed by atoms with Crippen molar-refractivity contribution in [2.75, 3.05) is 36.8 Å². The highest BCUT2D eigenvalue weighted by atomic mass is 16.2. The topological polar surface area (TPSA) is 62.5 Å². The third-order valence-corrected chi connectivity index (χ3v) is 4.52. The Hall–Kier alpha value is -1.78. The quantitative estimate of drug-likeness (QED) is 0.886. The van der Waals surface area contributed by atoms with Gasteiger partial charge in [-0.25, -0.2) is 4.98 Å². The van der Waals surface area contributed by atoms with Crippen molar-refractivity contribution in [3.05, 3.63) is 17.8 Å². The number of nitrogens with zero attached hydrogens (tertiary/aromatic N) is 3. The largest absolute Gasteiger partial charge is 0.383 e. The fraction of sp³-hybridized carbons (Fsp3) is 0.600. The van der Waals surface area contributed by atoms with Gasteiger partial charge in [0, 0.05) is 32.1 Å². The van der Waals surface area contributed by atoms with E-state index in [1.54, 1.807) is 0 Å². The Kier molecular flexibility index (Phi) is 3.51. The third-order valence-electron chi connectivity index (χ3n) is 4.52. The van der Waals surface area contributed by atoms with Gasteiger partial charge in [0.2, 0.25) is 5.91 Å². The van der Waals surface area contributed by atoms with Crippen LogP contribution in [0.15, 0.2) is 12.3 Å². The maximum atomic E-state index is 12.2. The fourth-order valence-corrected chi connectivity index (χ4v) is 2.84. The molecular weight excluding hydrogens is 252 g/mol. The second-order valence-electron chi connectivity index (χ2n) is 5.84. The van der Waals surface area contributed by atoms with Gasteiger partial charge in [-0.2, -0.15) is 0 Å². The van der Waals surface area contributed by atoms with Crippen LogP contribution >= 0.6 is 0 Å². The van der Waals surface area contributed by atoms with Crippen LogP contribution in [-0.4, -0.2) is 42.0 Å². The van der Waals surface area contributed by atoms with Crippen LogP contribution in [0.1, 0.15) is 24.8 Å². The summed E-state index contributed by atoms with van der Waals surface area (Å²) in [7, 11) is 0. The molecule has 1 saturated heterocycles. The van der Waals surface area contributed by atoms with E-state index >= 15 is 0 Å². The van der Waals surface area contributed by atoms with E-state index in [-0.39, 0.29) is 0 Å². The van der Waals surface area contributed by atoms with E-state index in [0.717, 1.165) is 50.3 Å². The highest BCUT2D eigenvalue weighted by molar-refractivity contribution is 5.79. The van der Waals surface area contributed by atoms with Gasteiger partial charge in [-0.1, -0.05) is 6.42 Å². The molecule has 1 aromatic heterocycles. The lowest BCUT2D eigenvalue weighted by Crippen LogP contribution is -2.51. The number of carbonyl (C=O) groups excluding carboxylic acids is 1. The molecule has 5 heteroatoms. The predicted molar refractivity (Wildman–Crippen MR) is 79.5 cm³/mol. The molecule has 0 aromatic carbocycles. The first-order valence-electron chi connectivity index (χ1n) is 7.41. The number of nitrogens with two attached hydrogens (primary N) is 1. The first-order valence-corrected chi connectivity index (χ1v) is 7.41. The van der Waals surface area contributed by atoms with Crippen LogP contribution in [0.25, 0.3) is 0 Å². The van der Waals surface area contributed by atoms with Gasteiger partial charge in [0.15, 0.2) is 0 Å². The number of amides is 1. The van der Waals surface area contributed by atoms with E-state index in [0.29, 0.717) is 17.6 Å². The molecule has 1 aliphatic heterocycles. The van der Waals surface area contributed by atoms with E-state index in [1.165, 1.54) is 6.42 Å². The molecule has 3 rings (SSSR count). The molecule has 2 heterocycles. The van der Waals surface area contributed by atoms with Crippen molar-refractivity contribution in [2.24, 2.45) is 5.92 Å². The van der Waals surface area contributed by atoms with Crippen molar-refractivity contribution in [1.29, 1.82) is 0 Å². The average Bonchev–Trinajstić information content (AvgIpc) is 2.40. The SMILES string of the molecule is Cc1cc(N2CCN(C(=O)C3CCC3)CC2)cnc1N. The van der Waals surface area contributed by atoms with Gasteiger partial charge in [-0.3, -0.25) is 4.79 Å². The molecule has 0 radical (unpaired) electrons. The lowest BCUT2D eigenvalue weighted by Gasteiger charge is -2.39. The minimum atomic E-state index is 0.307. The zero-order valence-corrected chi connectivity index (χ0v) is 12.0. The van der Waals surface area contributed by atoms with Crippen LogP contribution < -0.4 is 10.6 Å². The summed E-state index contributed by atoms with van der Waals surface area (Å²) in [5.41, 5.74) is 7.87. The summed E-state index contributed by atoms with van der Waals surface area (Å²) < 4.78 is 0. The maximum absolute atomic E-state index is 12.2. The molecule has 20 heavy (non-hydrogen) atoms. The number of rotatable bonds is 2. The van der Waals surface area contributed by atoms with E-state index in [4.69, 9.17) is 5.73 Å². The Balaban J connectivity index is 1.60. The molecule has 1 saturated carbocycles. The van der Waals surface area contributed by atoms with Gasteiger partial charge in [0.05, 0.1) is 11.9 Å². The number of aryl methyl sites for hydroxylation is 1. The Morgan fingerprint density at radius 1 is 1.30 bits per heavy atom. The Labute approximate surface area is 119 Å². The van der Waals surface area contributed by atoms with E-state index in [1.807, 2.05) is 18.0 Å². The van der Waals surface area contributed by atoms with E-state index in [9.17, 15) is 4.79 Å². The first kappa shape index (κ1) is 13.2. The van der Waals surface area contributed by atoms with Crippen LogP contribution in [0.2, 0.25) is 0 Å². The summed E-state index contributed by atoms with van der Waals surface area (Å²) in [6.07, 6.45) is 5.21. The molecule has 2 fully saturated rings. The number of aromatic nitrogens is 1. The first-order chi connectivity index (χ1) is 9.65. The summed E-state index contributed by atoms with van der Waals surface area (Å²) in [4.78, 5) is 20.7. The molecular formula is C15H22N4O. The zero-order valence-electron chi connectivity index (χ0n) is 12.0. The molecule has 2 aliphatic rings. The van der Waals surface area contributed by atoms with Crippen LogP contribution in [-0.2, 0) is 4.79 Å². The molecule has 2 N–H and O–H groups in total. The molecule has 0 bridgehead atoms. The van der Waals surface area contributed by atoms with Crippen molar-refractivity contribution in [3.63, 3.8) is 0 Å². The average molecular weight is 274 g/mol. The Morgan fingerprint density at radius 2 is 2.00 bits per heavy atom. The number of anilines is 2. The lowest BCUT2D eigenvalue weighted by atomic mass is 9.84. The number of nitrogen functional groups attached to an aromatic ring is 1. The third kappa shape index (κ3) is 2.44. The van der Waals surface area contributed by atoms with Crippen LogP contribution in [0, 0.1) is 12.8 Å². The minimum absolute atomic E-state index is 0.307. The highest BCUT2D eigenvalue weighted by Gasteiger charge is 2.31. The zero-order chi connectivity index (χ0) is 14.1. The highest BCUT2D eigenvalue weighted by Crippen LogP contribution is 2.29. The predicted octanol–water partition coefficient (Wildman–Crippen LogP) is 1.42. The Morgan fingerprint density at radius 3 is 2.55 bits per heavy atom. The number of pyridine rings is 1. The number of piperazine rings is 1.